The summed E-state index contributed by atoms with van der Waals surface area (Å²) in [5.41, 5.74) is 3.44. The SMILES string of the molecule is CCCCOc1ccc(/C=C2/SC(=O)N(C[NH+]3CCN(c4ccccc4C)CC3)C2=O)cc1. The van der Waals surface area contributed by atoms with Crippen molar-refractivity contribution >= 4 is 34.7 Å². The van der Waals surface area contributed by atoms with Crippen LogP contribution in [0.4, 0.5) is 10.5 Å². The van der Waals surface area contributed by atoms with Gasteiger partial charge >= 0.3 is 0 Å². The largest absolute Gasteiger partial charge is 0.494 e. The Morgan fingerprint density at radius 2 is 1.79 bits per heavy atom. The van der Waals surface area contributed by atoms with E-state index in [1.807, 2.05) is 24.3 Å². The second-order valence-electron chi connectivity index (χ2n) is 8.56. The van der Waals surface area contributed by atoms with E-state index in [-0.39, 0.29) is 11.1 Å². The molecule has 0 atom stereocenters. The van der Waals surface area contributed by atoms with Gasteiger partial charge in [-0.1, -0.05) is 43.7 Å². The van der Waals surface area contributed by atoms with Crippen molar-refractivity contribution < 1.29 is 19.2 Å². The molecule has 2 heterocycles. The lowest BCUT2D eigenvalue weighted by Crippen LogP contribution is -3.16. The van der Waals surface area contributed by atoms with Gasteiger partial charge in [0.2, 0.25) is 0 Å². The molecule has 2 aromatic rings. The summed E-state index contributed by atoms with van der Waals surface area (Å²) in [6.07, 6.45) is 3.92. The number of carbonyl (C=O) groups excluding carboxylic acids is 2. The Hall–Kier alpha value is -2.77. The van der Waals surface area contributed by atoms with Crippen molar-refractivity contribution in [1.29, 1.82) is 0 Å². The normalized spacial score (nSPS) is 18.4. The molecule has 0 aliphatic carbocycles. The van der Waals surface area contributed by atoms with Crippen LogP contribution in [0.2, 0.25) is 0 Å². The lowest BCUT2D eigenvalue weighted by molar-refractivity contribution is -0.907. The number of hydrogen-bond donors (Lipinski definition) is 1. The Morgan fingerprint density at radius 1 is 1.06 bits per heavy atom. The fourth-order valence-electron chi connectivity index (χ4n) is 4.15. The Labute approximate surface area is 200 Å². The number of ether oxygens (including phenoxy) is 1. The molecule has 4 rings (SSSR count). The first kappa shape index (κ1) is 23.4. The minimum atomic E-state index is -0.192. The number of nitrogens with one attached hydrogen (secondary N) is 1. The minimum Gasteiger partial charge on any atom is -0.494 e. The van der Waals surface area contributed by atoms with Crippen molar-refractivity contribution in [3.8, 4) is 5.75 Å². The fourth-order valence-corrected chi connectivity index (χ4v) is 4.98. The van der Waals surface area contributed by atoms with Gasteiger partial charge in [-0.3, -0.25) is 9.59 Å². The summed E-state index contributed by atoms with van der Waals surface area (Å²) in [7, 11) is 0. The number of quaternary nitrogens is 1. The predicted octanol–water partition coefficient (Wildman–Crippen LogP) is 3.57. The number of carbonyl (C=O) groups is 2. The Balaban J connectivity index is 1.33. The highest BCUT2D eigenvalue weighted by atomic mass is 32.2. The molecule has 2 aliphatic rings. The van der Waals surface area contributed by atoms with Crippen LogP contribution in [0, 0.1) is 6.92 Å². The molecule has 1 N–H and O–H groups in total. The van der Waals surface area contributed by atoms with Crippen molar-refractivity contribution in [3.05, 3.63) is 64.6 Å². The number of aryl methyl sites for hydroxylation is 1. The standard InChI is InChI=1S/C26H31N3O3S/c1-3-4-17-32-22-11-9-21(10-12-22)18-24-25(30)29(26(31)33-24)19-27-13-15-28(16-14-27)23-8-6-5-7-20(23)2/h5-12,18H,3-4,13-17,19H2,1-2H3/p+1/b24-18+. The van der Waals surface area contributed by atoms with Crippen LogP contribution >= 0.6 is 11.8 Å². The Kier molecular flexibility index (Phi) is 7.73. The zero-order valence-corrected chi connectivity index (χ0v) is 20.2. The molecule has 6 nitrogen and oxygen atoms in total. The molecule has 2 amide bonds. The lowest BCUT2D eigenvalue weighted by atomic mass is 10.1. The Bertz CT molecular complexity index is 1010. The van der Waals surface area contributed by atoms with E-state index in [4.69, 9.17) is 4.74 Å². The summed E-state index contributed by atoms with van der Waals surface area (Å²) in [4.78, 5) is 31.0. The van der Waals surface area contributed by atoms with Crippen LogP contribution < -0.4 is 14.5 Å². The number of thioether (sulfide) groups is 1. The van der Waals surface area contributed by atoms with Gasteiger partial charge in [0.25, 0.3) is 11.1 Å². The van der Waals surface area contributed by atoms with Crippen LogP contribution in [0.5, 0.6) is 5.75 Å². The number of para-hydroxylation sites is 1. The number of imide groups is 1. The van der Waals surface area contributed by atoms with Crippen molar-refractivity contribution in [2.75, 3.05) is 44.4 Å². The molecule has 0 bridgehead atoms. The van der Waals surface area contributed by atoms with Gasteiger partial charge < -0.3 is 14.5 Å². The highest BCUT2D eigenvalue weighted by Crippen LogP contribution is 2.31. The van der Waals surface area contributed by atoms with Gasteiger partial charge in [0, 0.05) is 5.69 Å². The third kappa shape index (κ3) is 5.78. The summed E-state index contributed by atoms with van der Waals surface area (Å²) < 4.78 is 5.69. The lowest BCUT2D eigenvalue weighted by Gasteiger charge is -2.35. The van der Waals surface area contributed by atoms with Crippen molar-refractivity contribution in [2.24, 2.45) is 0 Å². The maximum absolute atomic E-state index is 12.9. The predicted molar refractivity (Wildman–Crippen MR) is 134 cm³/mol. The number of amides is 2. The summed E-state index contributed by atoms with van der Waals surface area (Å²) in [6, 6.07) is 16.1. The highest BCUT2D eigenvalue weighted by Gasteiger charge is 2.38. The van der Waals surface area contributed by atoms with E-state index in [1.165, 1.54) is 21.1 Å². The van der Waals surface area contributed by atoms with E-state index in [0.717, 1.165) is 62.1 Å². The van der Waals surface area contributed by atoms with Gasteiger partial charge in [0.15, 0.2) is 6.67 Å². The van der Waals surface area contributed by atoms with Gasteiger partial charge in [0.1, 0.15) is 5.75 Å². The van der Waals surface area contributed by atoms with E-state index in [1.54, 1.807) is 6.08 Å². The number of unbranched alkanes of at least 4 members (excludes halogenated alkanes) is 1. The zero-order valence-electron chi connectivity index (χ0n) is 19.4. The first-order chi connectivity index (χ1) is 16.0. The number of piperazine rings is 1. The third-order valence-corrected chi connectivity index (χ3v) is 7.03. The topological polar surface area (TPSA) is 54.3 Å². The van der Waals surface area contributed by atoms with Gasteiger partial charge in [0.05, 0.1) is 37.7 Å². The Morgan fingerprint density at radius 3 is 2.48 bits per heavy atom. The monoisotopic (exact) mass is 466 g/mol. The summed E-state index contributed by atoms with van der Waals surface area (Å²) in [6.45, 7) is 9.02. The van der Waals surface area contributed by atoms with E-state index in [2.05, 4.69) is 43.0 Å². The molecule has 2 aliphatic heterocycles. The molecular weight excluding hydrogens is 434 g/mol. The second kappa shape index (κ2) is 10.9. The molecule has 0 radical (unpaired) electrons. The van der Waals surface area contributed by atoms with Crippen molar-refractivity contribution in [2.45, 2.75) is 26.7 Å². The molecule has 0 unspecified atom stereocenters. The van der Waals surface area contributed by atoms with E-state index < -0.39 is 0 Å². The van der Waals surface area contributed by atoms with Gasteiger partial charge in [-0.05, 0) is 60.5 Å². The van der Waals surface area contributed by atoms with Crippen LogP contribution in [-0.2, 0) is 4.79 Å². The molecule has 2 saturated heterocycles. The van der Waals surface area contributed by atoms with Crippen LogP contribution in [-0.4, -0.2) is 55.5 Å². The van der Waals surface area contributed by atoms with Crippen LogP contribution in [0.15, 0.2) is 53.4 Å². The van der Waals surface area contributed by atoms with Gasteiger partial charge in [-0.25, -0.2) is 4.90 Å². The second-order valence-corrected chi connectivity index (χ2v) is 9.56. The van der Waals surface area contributed by atoms with Gasteiger partial charge in [-0.15, -0.1) is 0 Å². The summed E-state index contributed by atoms with van der Waals surface area (Å²) in [5, 5.41) is -0.181. The molecule has 2 aromatic carbocycles. The number of rotatable bonds is 8. The molecule has 33 heavy (non-hydrogen) atoms. The van der Waals surface area contributed by atoms with Crippen LogP contribution in [0.1, 0.15) is 30.9 Å². The van der Waals surface area contributed by atoms with E-state index in [9.17, 15) is 9.59 Å². The molecule has 0 aromatic heterocycles. The van der Waals surface area contributed by atoms with Crippen molar-refractivity contribution in [1.82, 2.24) is 4.90 Å². The first-order valence-electron chi connectivity index (χ1n) is 11.7. The number of anilines is 1. The maximum Gasteiger partial charge on any atom is 0.298 e. The van der Waals surface area contributed by atoms with E-state index >= 15 is 0 Å². The summed E-state index contributed by atoms with van der Waals surface area (Å²) >= 11 is 1.03. The fraction of sp³-hybridized carbons (Fsp3) is 0.385. The summed E-state index contributed by atoms with van der Waals surface area (Å²) in [5.74, 6) is 0.629. The average Bonchev–Trinajstić information content (AvgIpc) is 3.08. The number of nitrogens with zero attached hydrogens (tertiary/aromatic N) is 2. The van der Waals surface area contributed by atoms with E-state index in [0.29, 0.717) is 18.2 Å². The molecular formula is C26H32N3O3S+. The molecule has 0 saturated carbocycles. The molecule has 0 spiro atoms. The molecule has 2 fully saturated rings. The smallest absolute Gasteiger partial charge is 0.298 e. The van der Waals surface area contributed by atoms with Crippen LogP contribution in [0.25, 0.3) is 6.08 Å². The quantitative estimate of drug-likeness (QED) is 0.476. The number of benzene rings is 2. The van der Waals surface area contributed by atoms with Crippen molar-refractivity contribution in [3.63, 3.8) is 0 Å². The van der Waals surface area contributed by atoms with Crippen LogP contribution in [0.3, 0.4) is 0 Å². The minimum absolute atomic E-state index is 0.181. The first-order valence-corrected chi connectivity index (χ1v) is 12.5. The zero-order chi connectivity index (χ0) is 23.2. The highest BCUT2D eigenvalue weighted by molar-refractivity contribution is 8.18. The third-order valence-electron chi connectivity index (χ3n) is 6.13. The molecule has 174 valence electrons. The average molecular weight is 467 g/mol. The number of hydrogen-bond acceptors (Lipinski definition) is 5. The van der Waals surface area contributed by atoms with Gasteiger partial charge in [-0.2, -0.15) is 0 Å². The molecule has 7 heteroatoms. The maximum atomic E-state index is 12.9.